The van der Waals surface area contributed by atoms with Crippen LogP contribution in [0.2, 0.25) is 0 Å². The summed E-state index contributed by atoms with van der Waals surface area (Å²) in [5, 5.41) is 3.63. The highest BCUT2D eigenvalue weighted by Gasteiger charge is 2.32. The third-order valence-electron chi connectivity index (χ3n) is 3.48. The van der Waals surface area contributed by atoms with Crippen molar-refractivity contribution in [3.05, 3.63) is 35.6 Å². The molecule has 88 valence electrons. The van der Waals surface area contributed by atoms with Crippen LogP contribution >= 0.6 is 0 Å². The minimum atomic E-state index is -0.171. The van der Waals surface area contributed by atoms with Crippen molar-refractivity contribution in [3.8, 4) is 0 Å². The molecule has 1 N–H and O–H groups in total. The van der Waals surface area contributed by atoms with Crippen LogP contribution in [0.5, 0.6) is 0 Å². The van der Waals surface area contributed by atoms with E-state index in [2.05, 4.69) is 26.1 Å². The predicted molar refractivity (Wildman–Crippen MR) is 64.7 cm³/mol. The third-order valence-corrected chi connectivity index (χ3v) is 3.48. The zero-order valence-electron chi connectivity index (χ0n) is 10.3. The van der Waals surface area contributed by atoms with Crippen molar-refractivity contribution in [1.29, 1.82) is 0 Å². The number of nitrogens with one attached hydrogen (secondary N) is 1. The Morgan fingerprint density at radius 1 is 1.25 bits per heavy atom. The largest absolute Gasteiger partial charge is 0.305 e. The lowest BCUT2D eigenvalue weighted by molar-refractivity contribution is 0.332. The van der Waals surface area contributed by atoms with Gasteiger partial charge in [0.25, 0.3) is 0 Å². The van der Waals surface area contributed by atoms with Crippen molar-refractivity contribution in [1.82, 2.24) is 5.32 Å². The number of hydrogen-bond donors (Lipinski definition) is 1. The zero-order chi connectivity index (χ0) is 11.8. The summed E-state index contributed by atoms with van der Waals surface area (Å²) in [6.07, 6.45) is 2.68. The number of hydrogen-bond acceptors (Lipinski definition) is 1. The van der Waals surface area contributed by atoms with E-state index >= 15 is 0 Å². The first-order valence-electron chi connectivity index (χ1n) is 6.03. The highest BCUT2D eigenvalue weighted by Crippen LogP contribution is 2.34. The van der Waals surface area contributed by atoms with Crippen LogP contribution in [0.4, 0.5) is 4.39 Å². The monoisotopic (exact) mass is 221 g/mol. The van der Waals surface area contributed by atoms with Gasteiger partial charge in [-0.1, -0.05) is 12.1 Å². The van der Waals surface area contributed by atoms with Crippen LogP contribution in [0, 0.1) is 11.7 Å². The normalized spacial score (nSPS) is 18.5. The van der Waals surface area contributed by atoms with Crippen molar-refractivity contribution in [2.45, 2.75) is 45.2 Å². The van der Waals surface area contributed by atoms with E-state index in [4.69, 9.17) is 0 Å². The van der Waals surface area contributed by atoms with Gasteiger partial charge in [-0.05, 0) is 57.2 Å². The Morgan fingerprint density at radius 3 is 2.31 bits per heavy atom. The molecule has 1 saturated carbocycles. The molecule has 0 bridgehead atoms. The van der Waals surface area contributed by atoms with Crippen LogP contribution < -0.4 is 5.32 Å². The summed E-state index contributed by atoms with van der Waals surface area (Å²) in [6, 6.07) is 7.32. The van der Waals surface area contributed by atoms with Crippen LogP contribution in [-0.2, 0) is 5.54 Å². The highest BCUT2D eigenvalue weighted by molar-refractivity contribution is 5.23. The summed E-state index contributed by atoms with van der Waals surface area (Å²) in [5.74, 6) is 0.662. The zero-order valence-corrected chi connectivity index (χ0v) is 10.3. The quantitative estimate of drug-likeness (QED) is 0.821. The van der Waals surface area contributed by atoms with E-state index in [1.807, 2.05) is 12.1 Å². The molecule has 1 atom stereocenters. The summed E-state index contributed by atoms with van der Waals surface area (Å²) in [4.78, 5) is 0. The number of halogens is 1. The SMILES string of the molecule is CC(NC(C)(C)c1ccc(F)cc1)C1CC1. The van der Waals surface area contributed by atoms with Gasteiger partial charge in [0.15, 0.2) is 0 Å². The van der Waals surface area contributed by atoms with E-state index in [1.165, 1.54) is 25.0 Å². The maximum Gasteiger partial charge on any atom is 0.123 e. The lowest BCUT2D eigenvalue weighted by Crippen LogP contribution is -2.43. The maximum absolute atomic E-state index is 12.9. The Hall–Kier alpha value is -0.890. The van der Waals surface area contributed by atoms with Gasteiger partial charge in [-0.2, -0.15) is 0 Å². The number of benzene rings is 1. The highest BCUT2D eigenvalue weighted by atomic mass is 19.1. The molecule has 0 amide bonds. The van der Waals surface area contributed by atoms with Crippen LogP contribution in [0.15, 0.2) is 24.3 Å². The molecule has 0 aromatic heterocycles. The first-order chi connectivity index (χ1) is 7.49. The molecule has 1 fully saturated rings. The molecular formula is C14H20FN. The lowest BCUT2D eigenvalue weighted by atomic mass is 9.93. The van der Waals surface area contributed by atoms with Crippen molar-refractivity contribution in [3.63, 3.8) is 0 Å². The second-order valence-electron chi connectivity index (χ2n) is 5.40. The van der Waals surface area contributed by atoms with Gasteiger partial charge in [0.05, 0.1) is 0 Å². The molecule has 0 spiro atoms. The average Bonchev–Trinajstić information content (AvgIpc) is 3.00. The minimum absolute atomic E-state index is 0.0876. The van der Waals surface area contributed by atoms with Gasteiger partial charge in [-0.15, -0.1) is 0 Å². The van der Waals surface area contributed by atoms with E-state index in [0.29, 0.717) is 6.04 Å². The molecule has 1 aliphatic rings. The van der Waals surface area contributed by atoms with Gasteiger partial charge < -0.3 is 5.32 Å². The van der Waals surface area contributed by atoms with Crippen molar-refractivity contribution in [2.75, 3.05) is 0 Å². The molecule has 1 aliphatic carbocycles. The molecule has 1 nitrogen and oxygen atoms in total. The summed E-state index contributed by atoms with van der Waals surface area (Å²) in [7, 11) is 0. The second kappa shape index (κ2) is 4.17. The molecule has 0 aliphatic heterocycles. The lowest BCUT2D eigenvalue weighted by Gasteiger charge is -2.31. The molecule has 1 unspecified atom stereocenters. The third kappa shape index (κ3) is 2.62. The van der Waals surface area contributed by atoms with Crippen LogP contribution in [0.1, 0.15) is 39.2 Å². The Balaban J connectivity index is 2.07. The van der Waals surface area contributed by atoms with E-state index in [-0.39, 0.29) is 11.4 Å². The molecule has 2 heteroatoms. The first kappa shape index (κ1) is 11.6. The summed E-state index contributed by atoms with van der Waals surface area (Å²) in [6.45, 7) is 6.54. The van der Waals surface area contributed by atoms with Crippen molar-refractivity contribution < 1.29 is 4.39 Å². The summed E-state index contributed by atoms with van der Waals surface area (Å²) < 4.78 is 12.9. The van der Waals surface area contributed by atoms with Gasteiger partial charge in [0, 0.05) is 11.6 Å². The maximum atomic E-state index is 12.9. The van der Waals surface area contributed by atoms with Crippen molar-refractivity contribution >= 4 is 0 Å². The molecule has 1 aromatic rings. The van der Waals surface area contributed by atoms with Crippen LogP contribution in [0.25, 0.3) is 0 Å². The average molecular weight is 221 g/mol. The molecular weight excluding hydrogens is 201 g/mol. The van der Waals surface area contributed by atoms with Crippen LogP contribution in [-0.4, -0.2) is 6.04 Å². The molecule has 16 heavy (non-hydrogen) atoms. The Labute approximate surface area is 97.1 Å². The van der Waals surface area contributed by atoms with Crippen molar-refractivity contribution in [2.24, 2.45) is 5.92 Å². The second-order valence-corrected chi connectivity index (χ2v) is 5.40. The fraction of sp³-hybridized carbons (Fsp3) is 0.571. The Bertz CT molecular complexity index is 352. The van der Waals surface area contributed by atoms with E-state index in [9.17, 15) is 4.39 Å². The Morgan fingerprint density at radius 2 is 1.81 bits per heavy atom. The predicted octanol–water partition coefficient (Wildman–Crippen LogP) is 3.45. The molecule has 2 rings (SSSR count). The Kier molecular flexibility index (Phi) is 3.02. The smallest absolute Gasteiger partial charge is 0.123 e. The van der Waals surface area contributed by atoms with E-state index in [1.54, 1.807) is 0 Å². The fourth-order valence-electron chi connectivity index (χ4n) is 2.23. The minimum Gasteiger partial charge on any atom is -0.305 e. The van der Waals surface area contributed by atoms with Gasteiger partial charge in [0.2, 0.25) is 0 Å². The summed E-state index contributed by atoms with van der Waals surface area (Å²) >= 11 is 0. The standard InChI is InChI=1S/C14H20FN/c1-10(11-4-5-11)16-14(2,3)12-6-8-13(15)9-7-12/h6-11,16H,4-5H2,1-3H3. The summed E-state index contributed by atoms with van der Waals surface area (Å²) in [5.41, 5.74) is 1.05. The van der Waals surface area contributed by atoms with E-state index in [0.717, 1.165) is 11.5 Å². The first-order valence-corrected chi connectivity index (χ1v) is 6.03. The van der Waals surface area contributed by atoms with Gasteiger partial charge in [-0.3, -0.25) is 0 Å². The topological polar surface area (TPSA) is 12.0 Å². The van der Waals surface area contributed by atoms with Gasteiger partial charge in [0.1, 0.15) is 5.82 Å². The number of rotatable bonds is 4. The molecule has 0 saturated heterocycles. The van der Waals surface area contributed by atoms with Gasteiger partial charge >= 0.3 is 0 Å². The fourth-order valence-corrected chi connectivity index (χ4v) is 2.23. The molecule has 1 aromatic carbocycles. The molecule has 0 radical (unpaired) electrons. The van der Waals surface area contributed by atoms with Crippen LogP contribution in [0.3, 0.4) is 0 Å². The van der Waals surface area contributed by atoms with E-state index < -0.39 is 0 Å². The molecule has 0 heterocycles. The van der Waals surface area contributed by atoms with Gasteiger partial charge in [-0.25, -0.2) is 4.39 Å².